The molecule has 1 amide bonds. The molecule has 4 rings (SSSR count). The quantitative estimate of drug-likeness (QED) is 0.222. The number of aromatic amines is 1. The number of carbonyl (C=O) groups excluding carboxylic acids is 1. The summed E-state index contributed by atoms with van der Waals surface area (Å²) in [6.07, 6.45) is 1.53. The zero-order valence-corrected chi connectivity index (χ0v) is 19.5. The van der Waals surface area contributed by atoms with Gasteiger partial charge in [0.25, 0.3) is 5.91 Å². The molecule has 192 valence electrons. The number of halogens is 4. The molecule has 0 aliphatic rings. The van der Waals surface area contributed by atoms with Gasteiger partial charge in [0.2, 0.25) is 0 Å². The molecule has 0 fully saturated rings. The number of rotatable bonds is 10. The first-order valence-corrected chi connectivity index (χ1v) is 11.7. The summed E-state index contributed by atoms with van der Waals surface area (Å²) in [4.78, 5) is 16.4. The van der Waals surface area contributed by atoms with Crippen LogP contribution in [0.25, 0.3) is 11.3 Å². The molecule has 0 spiro atoms. The maximum Gasteiger partial charge on any atom is 0.330 e. The van der Waals surface area contributed by atoms with E-state index < -0.39 is 34.3 Å². The lowest BCUT2D eigenvalue weighted by molar-refractivity contribution is 0.100. The number of anilines is 3. The highest BCUT2D eigenvalue weighted by atomic mass is 32.2. The fourth-order valence-electron chi connectivity index (χ4n) is 3.26. The number of aromatic nitrogens is 3. The van der Waals surface area contributed by atoms with Gasteiger partial charge in [0.15, 0.2) is 28.4 Å². The number of H-pyrrole nitrogens is 1. The van der Waals surface area contributed by atoms with Crippen molar-refractivity contribution >= 4 is 34.2 Å². The van der Waals surface area contributed by atoms with Crippen LogP contribution in [0.1, 0.15) is 15.9 Å². The van der Waals surface area contributed by atoms with Gasteiger partial charge >= 0.3 is 5.76 Å². The number of ether oxygens (including phenoxy) is 1. The molecule has 0 radical (unpaired) electrons. The molecular formula is C23H18F4N6O3S. The molecule has 2 aromatic carbocycles. The van der Waals surface area contributed by atoms with Gasteiger partial charge in [-0.15, -0.1) is 0 Å². The van der Waals surface area contributed by atoms with Gasteiger partial charge in [0.05, 0.1) is 11.4 Å². The van der Waals surface area contributed by atoms with E-state index in [0.29, 0.717) is 11.4 Å². The number of amides is 1. The summed E-state index contributed by atoms with van der Waals surface area (Å²) < 4.78 is 72.1. The fourth-order valence-corrected chi connectivity index (χ4v) is 3.74. The van der Waals surface area contributed by atoms with E-state index in [2.05, 4.69) is 25.2 Å². The summed E-state index contributed by atoms with van der Waals surface area (Å²) in [7, 11) is -2.75. The number of alkyl halides is 2. The molecule has 2 heterocycles. The van der Waals surface area contributed by atoms with Crippen molar-refractivity contribution in [1.29, 1.82) is 0 Å². The minimum absolute atomic E-state index is 0.0194. The molecule has 0 saturated heterocycles. The first-order chi connectivity index (χ1) is 17.7. The van der Waals surface area contributed by atoms with Crippen LogP contribution in [-0.2, 0) is 17.6 Å². The van der Waals surface area contributed by atoms with Crippen LogP contribution in [0, 0.1) is 11.6 Å². The van der Waals surface area contributed by atoms with E-state index in [1.165, 1.54) is 30.5 Å². The van der Waals surface area contributed by atoms with Gasteiger partial charge in [-0.25, -0.2) is 18.0 Å². The van der Waals surface area contributed by atoms with E-state index in [1.807, 2.05) is 0 Å². The summed E-state index contributed by atoms with van der Waals surface area (Å²) in [5, 5.41) is 9.66. The Hall–Kier alpha value is -4.46. The van der Waals surface area contributed by atoms with Crippen LogP contribution in [0.2, 0.25) is 0 Å². The van der Waals surface area contributed by atoms with Gasteiger partial charge in [-0.3, -0.25) is 14.6 Å². The van der Waals surface area contributed by atoms with Crippen molar-refractivity contribution in [1.82, 2.24) is 15.2 Å². The van der Waals surface area contributed by atoms with Gasteiger partial charge in [0, 0.05) is 11.8 Å². The molecule has 9 nitrogen and oxygen atoms in total. The number of carbonyl (C=O) groups is 1. The minimum Gasteiger partial charge on any atom is -0.487 e. The Kier molecular flexibility index (Phi) is 7.67. The van der Waals surface area contributed by atoms with E-state index in [1.54, 1.807) is 18.2 Å². The number of benzene rings is 2. The third kappa shape index (κ3) is 6.03. The van der Waals surface area contributed by atoms with Gasteiger partial charge < -0.3 is 15.8 Å². The van der Waals surface area contributed by atoms with E-state index in [4.69, 9.17) is 10.5 Å². The summed E-state index contributed by atoms with van der Waals surface area (Å²) >= 11 is 0. The summed E-state index contributed by atoms with van der Waals surface area (Å²) in [5.41, 5.74) is 6.22. The van der Waals surface area contributed by atoms with Gasteiger partial charge in [0.1, 0.15) is 23.7 Å². The van der Waals surface area contributed by atoms with Crippen LogP contribution in [0.15, 0.2) is 60.8 Å². The first-order valence-electron chi connectivity index (χ1n) is 10.5. The second-order valence-electron chi connectivity index (χ2n) is 7.43. The number of nitrogens with one attached hydrogen (secondary N) is 3. The standard InChI is InChI=1S/C23H18F4N6O3S/c24-14-6-4-12(9-15(14)25)11-36-17-10-13(5-7-16(17)33-37(35)23(26)27)20-19(21(28)34)22(32-31-20)30-18-3-1-2-8-29-18/h1-10,23,33H,11H2,(H2,28,34)(H2,29,30,31,32). The molecule has 1 unspecified atom stereocenters. The molecule has 0 aliphatic carbocycles. The topological polar surface area (TPSA) is 135 Å². The van der Waals surface area contributed by atoms with E-state index in [-0.39, 0.29) is 40.7 Å². The van der Waals surface area contributed by atoms with Crippen LogP contribution in [0.4, 0.5) is 34.9 Å². The predicted octanol–water partition coefficient (Wildman–Crippen LogP) is 4.47. The average Bonchev–Trinajstić information content (AvgIpc) is 3.29. The highest BCUT2D eigenvalue weighted by Gasteiger charge is 2.22. The maximum absolute atomic E-state index is 13.6. The van der Waals surface area contributed by atoms with E-state index in [9.17, 15) is 26.6 Å². The van der Waals surface area contributed by atoms with Crippen LogP contribution < -0.4 is 20.5 Å². The van der Waals surface area contributed by atoms with Crippen LogP contribution in [-0.4, -0.2) is 31.1 Å². The number of nitrogens with two attached hydrogens (primary N) is 1. The number of hydrogen-bond donors (Lipinski definition) is 4. The Bertz CT molecular complexity index is 1450. The molecule has 0 saturated carbocycles. The predicted molar refractivity (Wildman–Crippen MR) is 129 cm³/mol. The first kappa shape index (κ1) is 25.6. The molecular weight excluding hydrogens is 516 g/mol. The average molecular weight is 534 g/mol. The zero-order chi connectivity index (χ0) is 26.5. The number of hydrogen-bond acceptors (Lipinski definition) is 6. The number of nitrogens with zero attached hydrogens (tertiary/aromatic N) is 2. The molecule has 14 heteroatoms. The Balaban J connectivity index is 1.70. The molecule has 0 aliphatic heterocycles. The van der Waals surface area contributed by atoms with Crippen molar-refractivity contribution in [2.24, 2.45) is 5.73 Å². The summed E-state index contributed by atoms with van der Waals surface area (Å²) in [5.74, 6) is -5.74. The Labute approximate surface area is 209 Å². The molecule has 5 N–H and O–H groups in total. The van der Waals surface area contributed by atoms with Crippen molar-refractivity contribution in [3.05, 3.63) is 83.6 Å². The van der Waals surface area contributed by atoms with Crippen molar-refractivity contribution < 1.29 is 31.3 Å². The number of primary amides is 1. The van der Waals surface area contributed by atoms with E-state index >= 15 is 0 Å². The van der Waals surface area contributed by atoms with Crippen LogP contribution >= 0.6 is 0 Å². The highest BCUT2D eigenvalue weighted by Crippen LogP contribution is 2.35. The number of pyridine rings is 1. The molecule has 2 aromatic heterocycles. The Morgan fingerprint density at radius 3 is 2.59 bits per heavy atom. The van der Waals surface area contributed by atoms with Crippen molar-refractivity contribution in [2.45, 2.75) is 12.4 Å². The summed E-state index contributed by atoms with van der Waals surface area (Å²) in [6.45, 7) is -0.283. The molecule has 37 heavy (non-hydrogen) atoms. The third-order valence-corrected chi connectivity index (χ3v) is 5.69. The van der Waals surface area contributed by atoms with E-state index in [0.717, 1.165) is 12.1 Å². The monoisotopic (exact) mass is 534 g/mol. The summed E-state index contributed by atoms with van der Waals surface area (Å²) in [6, 6.07) is 12.3. The van der Waals surface area contributed by atoms with Gasteiger partial charge in [-0.2, -0.15) is 13.9 Å². The van der Waals surface area contributed by atoms with Crippen LogP contribution in [0.5, 0.6) is 5.75 Å². The van der Waals surface area contributed by atoms with Crippen molar-refractivity contribution in [3.8, 4) is 17.0 Å². The SMILES string of the molecule is NC(=O)c1c(Nc2ccccn2)n[nH]c1-c1ccc(NS(=O)C(F)F)c(OCc2ccc(F)c(F)c2)c1. The lowest BCUT2D eigenvalue weighted by atomic mass is 10.1. The molecule has 4 aromatic rings. The van der Waals surface area contributed by atoms with Crippen molar-refractivity contribution in [2.75, 3.05) is 10.0 Å². The largest absolute Gasteiger partial charge is 0.487 e. The normalized spacial score (nSPS) is 11.8. The maximum atomic E-state index is 13.6. The van der Waals surface area contributed by atoms with Crippen LogP contribution in [0.3, 0.4) is 0 Å². The Morgan fingerprint density at radius 1 is 1.11 bits per heavy atom. The second kappa shape index (κ2) is 11.1. The molecule has 0 bridgehead atoms. The third-order valence-electron chi connectivity index (χ3n) is 4.95. The lowest BCUT2D eigenvalue weighted by Crippen LogP contribution is -2.14. The molecule has 1 atom stereocenters. The lowest BCUT2D eigenvalue weighted by Gasteiger charge is -2.15. The highest BCUT2D eigenvalue weighted by molar-refractivity contribution is 7.86. The van der Waals surface area contributed by atoms with Gasteiger partial charge in [-0.05, 0) is 42.0 Å². The fraction of sp³-hybridized carbons (Fsp3) is 0.0870. The minimum atomic E-state index is -3.19. The smallest absolute Gasteiger partial charge is 0.330 e. The van der Waals surface area contributed by atoms with Crippen molar-refractivity contribution in [3.63, 3.8) is 0 Å². The Morgan fingerprint density at radius 2 is 1.92 bits per heavy atom. The van der Waals surface area contributed by atoms with Gasteiger partial charge in [-0.1, -0.05) is 18.2 Å². The zero-order valence-electron chi connectivity index (χ0n) is 18.7. The second-order valence-corrected chi connectivity index (χ2v) is 8.59.